The lowest BCUT2D eigenvalue weighted by Gasteiger charge is -2.08. The Hall–Kier alpha value is -1.55. The number of urea groups is 1. The summed E-state index contributed by atoms with van der Waals surface area (Å²) >= 11 is 0. The van der Waals surface area contributed by atoms with Crippen molar-refractivity contribution in [2.45, 2.75) is 13.5 Å². The number of benzene rings is 1. The number of amides is 2. The summed E-state index contributed by atoms with van der Waals surface area (Å²) in [5, 5.41) is 5.49. The highest BCUT2D eigenvalue weighted by Gasteiger charge is 2.00. The summed E-state index contributed by atoms with van der Waals surface area (Å²) in [5.41, 5.74) is 2.31. The summed E-state index contributed by atoms with van der Waals surface area (Å²) in [6, 6.07) is 7.81. The summed E-state index contributed by atoms with van der Waals surface area (Å²) in [6.07, 6.45) is 0. The molecular weight excluding hydrogens is 204 g/mol. The van der Waals surface area contributed by atoms with Crippen molar-refractivity contribution >= 4 is 6.03 Å². The van der Waals surface area contributed by atoms with Crippen molar-refractivity contribution in [1.29, 1.82) is 0 Å². The number of hydrogen-bond acceptors (Lipinski definition) is 2. The highest BCUT2D eigenvalue weighted by molar-refractivity contribution is 5.73. The molecule has 0 aromatic heterocycles. The minimum Gasteiger partial charge on any atom is -0.383 e. The van der Waals surface area contributed by atoms with Crippen LogP contribution in [0, 0.1) is 6.92 Å². The van der Waals surface area contributed by atoms with Gasteiger partial charge in [0.2, 0.25) is 0 Å². The number of carbonyl (C=O) groups is 1. The van der Waals surface area contributed by atoms with Crippen molar-refractivity contribution in [3.63, 3.8) is 0 Å². The quantitative estimate of drug-likeness (QED) is 0.741. The predicted octanol–water partition coefficient (Wildman–Crippen LogP) is 1.44. The average molecular weight is 222 g/mol. The van der Waals surface area contributed by atoms with Gasteiger partial charge in [0.1, 0.15) is 0 Å². The molecule has 0 aliphatic rings. The molecule has 0 spiro atoms. The first-order valence-electron chi connectivity index (χ1n) is 5.29. The summed E-state index contributed by atoms with van der Waals surface area (Å²) in [6.45, 7) is 3.62. The molecule has 88 valence electrons. The molecule has 0 bridgehead atoms. The van der Waals surface area contributed by atoms with Gasteiger partial charge in [0.15, 0.2) is 0 Å². The van der Waals surface area contributed by atoms with E-state index in [2.05, 4.69) is 10.6 Å². The Morgan fingerprint density at radius 3 is 2.75 bits per heavy atom. The molecule has 16 heavy (non-hydrogen) atoms. The minimum absolute atomic E-state index is 0.166. The first kappa shape index (κ1) is 12.5. The Morgan fingerprint density at radius 2 is 2.06 bits per heavy atom. The zero-order chi connectivity index (χ0) is 11.8. The molecule has 1 aromatic carbocycles. The number of hydrogen-bond donors (Lipinski definition) is 2. The van der Waals surface area contributed by atoms with Crippen molar-refractivity contribution in [1.82, 2.24) is 10.6 Å². The van der Waals surface area contributed by atoms with Crippen LogP contribution < -0.4 is 10.6 Å². The Labute approximate surface area is 96.0 Å². The fourth-order valence-corrected chi connectivity index (χ4v) is 1.31. The Morgan fingerprint density at radius 1 is 1.31 bits per heavy atom. The average Bonchev–Trinajstić information content (AvgIpc) is 2.28. The zero-order valence-electron chi connectivity index (χ0n) is 9.75. The molecule has 0 heterocycles. The number of methoxy groups -OCH3 is 1. The van der Waals surface area contributed by atoms with Gasteiger partial charge in [-0.1, -0.05) is 24.3 Å². The normalized spacial score (nSPS) is 9.88. The van der Waals surface area contributed by atoms with Crippen molar-refractivity contribution in [3.8, 4) is 0 Å². The van der Waals surface area contributed by atoms with Crippen molar-refractivity contribution in [2.24, 2.45) is 0 Å². The third-order valence-corrected chi connectivity index (χ3v) is 2.29. The first-order chi connectivity index (χ1) is 7.74. The van der Waals surface area contributed by atoms with Gasteiger partial charge in [-0.3, -0.25) is 0 Å². The maximum absolute atomic E-state index is 11.3. The summed E-state index contributed by atoms with van der Waals surface area (Å²) in [5.74, 6) is 0. The van der Waals surface area contributed by atoms with Gasteiger partial charge in [0, 0.05) is 20.2 Å². The molecule has 0 aliphatic heterocycles. The molecule has 1 rings (SSSR count). The number of nitrogens with one attached hydrogen (secondary N) is 2. The van der Waals surface area contributed by atoms with E-state index in [4.69, 9.17) is 4.74 Å². The van der Waals surface area contributed by atoms with Crippen LogP contribution in [0.3, 0.4) is 0 Å². The van der Waals surface area contributed by atoms with Gasteiger partial charge in [-0.05, 0) is 18.1 Å². The molecule has 0 saturated heterocycles. The number of aryl methyl sites for hydroxylation is 1. The summed E-state index contributed by atoms with van der Waals surface area (Å²) in [7, 11) is 1.60. The Balaban J connectivity index is 2.29. The minimum atomic E-state index is -0.166. The van der Waals surface area contributed by atoms with E-state index in [0.29, 0.717) is 19.7 Å². The van der Waals surface area contributed by atoms with E-state index in [9.17, 15) is 4.79 Å². The molecule has 2 N–H and O–H groups in total. The van der Waals surface area contributed by atoms with E-state index in [0.717, 1.165) is 5.56 Å². The SMILES string of the molecule is COCCNC(=O)NCc1ccccc1C. The molecule has 0 saturated carbocycles. The standard InChI is InChI=1S/C12H18N2O2/c1-10-5-3-4-6-11(10)9-14-12(15)13-7-8-16-2/h3-6H,7-9H2,1-2H3,(H2,13,14,15). The van der Waals surface area contributed by atoms with Gasteiger partial charge in [-0.2, -0.15) is 0 Å². The van der Waals surface area contributed by atoms with Gasteiger partial charge >= 0.3 is 6.03 Å². The van der Waals surface area contributed by atoms with Crippen LogP contribution in [0.25, 0.3) is 0 Å². The van der Waals surface area contributed by atoms with Crippen LogP contribution in [0.1, 0.15) is 11.1 Å². The van der Waals surface area contributed by atoms with E-state index in [1.165, 1.54) is 5.56 Å². The van der Waals surface area contributed by atoms with Gasteiger partial charge in [-0.25, -0.2) is 4.79 Å². The van der Waals surface area contributed by atoms with Gasteiger partial charge in [0.25, 0.3) is 0 Å². The number of rotatable bonds is 5. The van der Waals surface area contributed by atoms with E-state index in [-0.39, 0.29) is 6.03 Å². The number of carbonyl (C=O) groups excluding carboxylic acids is 1. The van der Waals surface area contributed by atoms with Gasteiger partial charge < -0.3 is 15.4 Å². The molecule has 0 radical (unpaired) electrons. The smallest absolute Gasteiger partial charge is 0.315 e. The molecule has 0 aliphatic carbocycles. The van der Waals surface area contributed by atoms with Crippen molar-refractivity contribution < 1.29 is 9.53 Å². The molecule has 4 nitrogen and oxygen atoms in total. The lowest BCUT2D eigenvalue weighted by molar-refractivity contribution is 0.196. The third kappa shape index (κ3) is 4.31. The zero-order valence-corrected chi connectivity index (χ0v) is 9.75. The van der Waals surface area contributed by atoms with E-state index in [1.54, 1.807) is 7.11 Å². The summed E-state index contributed by atoms with van der Waals surface area (Å²) in [4.78, 5) is 11.3. The monoisotopic (exact) mass is 222 g/mol. The lowest BCUT2D eigenvalue weighted by atomic mass is 10.1. The van der Waals surface area contributed by atoms with E-state index >= 15 is 0 Å². The second-order valence-corrected chi connectivity index (χ2v) is 3.53. The van der Waals surface area contributed by atoms with Crippen LogP contribution in [0.15, 0.2) is 24.3 Å². The fraction of sp³-hybridized carbons (Fsp3) is 0.417. The van der Waals surface area contributed by atoms with Crippen molar-refractivity contribution in [2.75, 3.05) is 20.3 Å². The molecule has 0 unspecified atom stereocenters. The van der Waals surface area contributed by atoms with Crippen LogP contribution >= 0.6 is 0 Å². The van der Waals surface area contributed by atoms with Crippen molar-refractivity contribution in [3.05, 3.63) is 35.4 Å². The molecule has 0 fully saturated rings. The van der Waals surface area contributed by atoms with Crippen LogP contribution in [-0.4, -0.2) is 26.3 Å². The Bertz CT molecular complexity index is 340. The fourth-order valence-electron chi connectivity index (χ4n) is 1.31. The predicted molar refractivity (Wildman–Crippen MR) is 63.3 cm³/mol. The largest absolute Gasteiger partial charge is 0.383 e. The second kappa shape index (κ2) is 6.85. The number of ether oxygens (including phenoxy) is 1. The van der Waals surface area contributed by atoms with Crippen LogP contribution in [0.4, 0.5) is 4.79 Å². The first-order valence-corrected chi connectivity index (χ1v) is 5.29. The molecule has 1 aromatic rings. The van der Waals surface area contributed by atoms with E-state index < -0.39 is 0 Å². The molecular formula is C12H18N2O2. The Kier molecular flexibility index (Phi) is 5.36. The maximum atomic E-state index is 11.3. The molecule has 4 heteroatoms. The third-order valence-electron chi connectivity index (χ3n) is 2.29. The van der Waals surface area contributed by atoms with Crippen LogP contribution in [0.2, 0.25) is 0 Å². The highest BCUT2D eigenvalue weighted by atomic mass is 16.5. The molecule has 2 amide bonds. The highest BCUT2D eigenvalue weighted by Crippen LogP contribution is 2.05. The van der Waals surface area contributed by atoms with Crippen LogP contribution in [0.5, 0.6) is 0 Å². The van der Waals surface area contributed by atoms with E-state index in [1.807, 2.05) is 31.2 Å². The van der Waals surface area contributed by atoms with Gasteiger partial charge in [0.05, 0.1) is 6.61 Å². The topological polar surface area (TPSA) is 50.4 Å². The molecule has 0 atom stereocenters. The maximum Gasteiger partial charge on any atom is 0.315 e. The van der Waals surface area contributed by atoms with Crippen LogP contribution in [-0.2, 0) is 11.3 Å². The summed E-state index contributed by atoms with van der Waals surface area (Å²) < 4.78 is 4.83. The van der Waals surface area contributed by atoms with Gasteiger partial charge in [-0.15, -0.1) is 0 Å². The lowest BCUT2D eigenvalue weighted by Crippen LogP contribution is -2.36. The second-order valence-electron chi connectivity index (χ2n) is 3.53.